The number of aryl methyl sites for hydroxylation is 1. The summed E-state index contributed by atoms with van der Waals surface area (Å²) < 4.78 is 1.45. The molecule has 1 unspecified atom stereocenters. The third kappa shape index (κ3) is 2.45. The Morgan fingerprint density at radius 3 is 2.79 bits per heavy atom. The maximum absolute atomic E-state index is 11.2. The maximum atomic E-state index is 11.2. The minimum absolute atomic E-state index is 0.111. The Labute approximate surface area is 81.8 Å². The lowest BCUT2D eigenvalue weighted by atomic mass is 10.0. The van der Waals surface area contributed by atoms with Gasteiger partial charge in [0.15, 0.2) is 0 Å². The first kappa shape index (κ1) is 10.5. The summed E-state index contributed by atoms with van der Waals surface area (Å²) in [7, 11) is 1.66. The summed E-state index contributed by atoms with van der Waals surface area (Å²) in [6.45, 7) is 1.62. The van der Waals surface area contributed by atoms with E-state index in [-0.39, 0.29) is 5.56 Å². The fraction of sp³-hybridized carbons (Fsp3) is 0.400. The third-order valence-corrected chi connectivity index (χ3v) is 2.13. The number of pyridine rings is 1. The molecule has 14 heavy (non-hydrogen) atoms. The molecular formula is C10H13NO3. The smallest absolute Gasteiger partial charge is 0.306 e. The number of carbonyl (C=O) groups is 1. The van der Waals surface area contributed by atoms with Gasteiger partial charge in [-0.2, -0.15) is 0 Å². The van der Waals surface area contributed by atoms with Crippen LogP contribution >= 0.6 is 0 Å². The summed E-state index contributed by atoms with van der Waals surface area (Å²) in [5.74, 6) is -1.30. The van der Waals surface area contributed by atoms with E-state index in [1.807, 2.05) is 0 Å². The molecule has 0 spiro atoms. The summed E-state index contributed by atoms with van der Waals surface area (Å²) >= 11 is 0. The van der Waals surface area contributed by atoms with E-state index < -0.39 is 11.9 Å². The van der Waals surface area contributed by atoms with Crippen LogP contribution < -0.4 is 5.56 Å². The van der Waals surface area contributed by atoms with Crippen LogP contribution in [0.4, 0.5) is 0 Å². The summed E-state index contributed by atoms with van der Waals surface area (Å²) in [5.41, 5.74) is 0.656. The van der Waals surface area contributed by atoms with Crippen LogP contribution in [0.5, 0.6) is 0 Å². The van der Waals surface area contributed by atoms with E-state index in [4.69, 9.17) is 5.11 Å². The second-order valence-electron chi connectivity index (χ2n) is 3.43. The van der Waals surface area contributed by atoms with E-state index >= 15 is 0 Å². The van der Waals surface area contributed by atoms with E-state index in [2.05, 4.69) is 0 Å². The Morgan fingerprint density at radius 1 is 1.64 bits per heavy atom. The highest BCUT2D eigenvalue weighted by atomic mass is 16.4. The van der Waals surface area contributed by atoms with E-state index in [1.165, 1.54) is 10.6 Å². The van der Waals surface area contributed by atoms with Crippen LogP contribution in [-0.2, 0) is 18.3 Å². The zero-order valence-electron chi connectivity index (χ0n) is 8.23. The zero-order valence-corrected chi connectivity index (χ0v) is 8.23. The molecule has 0 radical (unpaired) electrons. The molecule has 0 aliphatic carbocycles. The van der Waals surface area contributed by atoms with Crippen LogP contribution in [-0.4, -0.2) is 15.6 Å². The Bertz CT molecular complexity index is 395. The molecule has 0 aliphatic heterocycles. The SMILES string of the molecule is CC(Cc1ccn(C)c(=O)c1)C(=O)O. The lowest BCUT2D eigenvalue weighted by Gasteiger charge is -2.06. The second kappa shape index (κ2) is 4.09. The number of aliphatic carboxylic acids is 1. The Hall–Kier alpha value is -1.58. The molecule has 76 valence electrons. The predicted octanol–water partition coefficient (Wildman–Crippen LogP) is 0.648. The van der Waals surface area contributed by atoms with Gasteiger partial charge in [-0.15, -0.1) is 0 Å². The number of carboxylic acids is 1. The Balaban J connectivity index is 2.83. The monoisotopic (exact) mass is 195 g/mol. The second-order valence-corrected chi connectivity index (χ2v) is 3.43. The molecule has 0 bridgehead atoms. The molecule has 1 aromatic rings. The number of hydrogen-bond donors (Lipinski definition) is 1. The molecule has 0 saturated heterocycles. The molecule has 1 atom stereocenters. The van der Waals surface area contributed by atoms with Crippen molar-refractivity contribution in [3.05, 3.63) is 34.2 Å². The molecule has 1 N–H and O–H groups in total. The summed E-state index contributed by atoms with van der Waals surface area (Å²) in [5, 5.41) is 8.68. The molecule has 4 heteroatoms. The third-order valence-electron chi connectivity index (χ3n) is 2.13. The number of rotatable bonds is 3. The highest BCUT2D eigenvalue weighted by molar-refractivity contribution is 5.69. The largest absolute Gasteiger partial charge is 0.481 e. The molecule has 0 aliphatic rings. The van der Waals surface area contributed by atoms with Crippen LogP contribution in [0.25, 0.3) is 0 Å². The highest BCUT2D eigenvalue weighted by Crippen LogP contribution is 2.05. The van der Waals surface area contributed by atoms with Gasteiger partial charge in [0.25, 0.3) is 5.56 Å². The van der Waals surface area contributed by atoms with Crippen molar-refractivity contribution in [1.82, 2.24) is 4.57 Å². The predicted molar refractivity (Wildman–Crippen MR) is 52.2 cm³/mol. The van der Waals surface area contributed by atoms with Crippen LogP contribution in [0.2, 0.25) is 0 Å². The van der Waals surface area contributed by atoms with E-state index in [9.17, 15) is 9.59 Å². The molecule has 0 saturated carbocycles. The summed E-state index contributed by atoms with van der Waals surface area (Å²) in [6.07, 6.45) is 2.04. The first-order chi connectivity index (χ1) is 6.50. The lowest BCUT2D eigenvalue weighted by Crippen LogP contribution is -2.18. The van der Waals surface area contributed by atoms with E-state index in [1.54, 1.807) is 26.2 Å². The van der Waals surface area contributed by atoms with E-state index in [0.29, 0.717) is 6.42 Å². The van der Waals surface area contributed by atoms with Gasteiger partial charge in [0.1, 0.15) is 0 Å². The van der Waals surface area contributed by atoms with Crippen molar-refractivity contribution in [3.63, 3.8) is 0 Å². The van der Waals surface area contributed by atoms with Crippen LogP contribution in [0.1, 0.15) is 12.5 Å². The topological polar surface area (TPSA) is 59.3 Å². The zero-order chi connectivity index (χ0) is 10.7. The Kier molecular flexibility index (Phi) is 3.06. The van der Waals surface area contributed by atoms with Gasteiger partial charge in [-0.3, -0.25) is 9.59 Å². The average Bonchev–Trinajstić information content (AvgIpc) is 2.11. The molecule has 0 aromatic carbocycles. The fourth-order valence-electron chi connectivity index (χ4n) is 1.16. The standard InChI is InChI=1S/C10H13NO3/c1-7(10(13)14)5-8-3-4-11(2)9(12)6-8/h3-4,6-7H,5H2,1-2H3,(H,13,14). The van der Waals surface area contributed by atoms with Crippen LogP contribution in [0.15, 0.2) is 23.1 Å². The minimum atomic E-state index is -0.842. The van der Waals surface area contributed by atoms with Gasteiger partial charge in [0.05, 0.1) is 5.92 Å². The summed E-state index contributed by atoms with van der Waals surface area (Å²) in [6, 6.07) is 3.24. The van der Waals surface area contributed by atoms with Crippen molar-refractivity contribution in [1.29, 1.82) is 0 Å². The molecule has 0 fully saturated rings. The molecule has 1 aromatic heterocycles. The summed E-state index contributed by atoms with van der Waals surface area (Å²) in [4.78, 5) is 21.8. The number of aromatic nitrogens is 1. The number of nitrogens with zero attached hydrogens (tertiary/aromatic N) is 1. The van der Waals surface area contributed by atoms with Crippen molar-refractivity contribution < 1.29 is 9.90 Å². The van der Waals surface area contributed by atoms with Gasteiger partial charge < -0.3 is 9.67 Å². The highest BCUT2D eigenvalue weighted by Gasteiger charge is 2.11. The fourth-order valence-corrected chi connectivity index (χ4v) is 1.16. The van der Waals surface area contributed by atoms with Crippen LogP contribution in [0.3, 0.4) is 0 Å². The number of carboxylic acid groups (broad SMARTS) is 1. The molecule has 4 nitrogen and oxygen atoms in total. The van der Waals surface area contributed by atoms with E-state index in [0.717, 1.165) is 5.56 Å². The maximum Gasteiger partial charge on any atom is 0.306 e. The van der Waals surface area contributed by atoms with Crippen molar-refractivity contribution >= 4 is 5.97 Å². The molecule has 0 amide bonds. The van der Waals surface area contributed by atoms with Gasteiger partial charge in [-0.25, -0.2) is 0 Å². The Morgan fingerprint density at radius 2 is 2.29 bits per heavy atom. The van der Waals surface area contributed by atoms with Crippen molar-refractivity contribution in [2.45, 2.75) is 13.3 Å². The van der Waals surface area contributed by atoms with Gasteiger partial charge in [0, 0.05) is 19.3 Å². The van der Waals surface area contributed by atoms with Gasteiger partial charge >= 0.3 is 5.97 Å². The van der Waals surface area contributed by atoms with Gasteiger partial charge in [0.2, 0.25) is 0 Å². The van der Waals surface area contributed by atoms with Crippen LogP contribution in [0, 0.1) is 5.92 Å². The first-order valence-corrected chi connectivity index (χ1v) is 4.39. The van der Waals surface area contributed by atoms with Gasteiger partial charge in [-0.1, -0.05) is 6.92 Å². The molecule has 1 heterocycles. The van der Waals surface area contributed by atoms with Crippen molar-refractivity contribution in [2.75, 3.05) is 0 Å². The average molecular weight is 195 g/mol. The first-order valence-electron chi connectivity index (χ1n) is 4.39. The molecule has 1 rings (SSSR count). The van der Waals surface area contributed by atoms with Gasteiger partial charge in [-0.05, 0) is 18.1 Å². The van der Waals surface area contributed by atoms with Crippen molar-refractivity contribution in [3.8, 4) is 0 Å². The normalized spacial score (nSPS) is 12.4. The quantitative estimate of drug-likeness (QED) is 0.770. The molecular weight excluding hydrogens is 182 g/mol. The lowest BCUT2D eigenvalue weighted by molar-refractivity contribution is -0.141. The minimum Gasteiger partial charge on any atom is -0.481 e. The number of hydrogen-bond acceptors (Lipinski definition) is 2. The van der Waals surface area contributed by atoms with Crippen molar-refractivity contribution in [2.24, 2.45) is 13.0 Å².